The van der Waals surface area contributed by atoms with Crippen molar-refractivity contribution in [2.24, 2.45) is 0 Å². The maximum atomic E-state index is 12.3. The van der Waals surface area contributed by atoms with Crippen molar-refractivity contribution in [3.8, 4) is 5.75 Å². The molecule has 0 spiro atoms. The largest absolute Gasteiger partial charge is 0.496 e. The average molecular weight is 287 g/mol. The van der Waals surface area contributed by atoms with Crippen molar-refractivity contribution in [2.75, 3.05) is 18.7 Å². The number of ether oxygens (including phenoxy) is 1. The zero-order valence-corrected chi connectivity index (χ0v) is 12.6. The molecule has 0 aromatic heterocycles. The number of methoxy groups -OCH3 is 1. The van der Waals surface area contributed by atoms with Gasteiger partial charge in [-0.1, -0.05) is 12.1 Å². The fraction of sp³-hybridized carbons (Fsp3) is 0.188. The average Bonchev–Trinajstić information content (AvgIpc) is 2.47. The van der Waals surface area contributed by atoms with Crippen LogP contribution in [0.5, 0.6) is 5.75 Å². The van der Waals surface area contributed by atoms with E-state index in [1.165, 1.54) is 0 Å². The zero-order chi connectivity index (χ0) is 14.5. The van der Waals surface area contributed by atoms with Crippen LogP contribution in [0.4, 0.5) is 5.69 Å². The van der Waals surface area contributed by atoms with Crippen LogP contribution in [-0.4, -0.2) is 19.3 Å². The van der Waals surface area contributed by atoms with Crippen molar-refractivity contribution in [1.29, 1.82) is 0 Å². The molecule has 0 bridgehead atoms. The Labute approximate surface area is 123 Å². The lowest BCUT2D eigenvalue weighted by molar-refractivity contribution is 0.102. The molecule has 2 rings (SSSR count). The van der Waals surface area contributed by atoms with Gasteiger partial charge in [0.2, 0.25) is 0 Å². The van der Waals surface area contributed by atoms with E-state index < -0.39 is 0 Å². The predicted molar refractivity (Wildman–Crippen MR) is 83.9 cm³/mol. The van der Waals surface area contributed by atoms with Gasteiger partial charge in [0.05, 0.1) is 12.8 Å². The van der Waals surface area contributed by atoms with E-state index in [4.69, 9.17) is 4.74 Å². The number of carbonyl (C=O) groups is 1. The van der Waals surface area contributed by atoms with Gasteiger partial charge in [0.1, 0.15) is 5.75 Å². The van der Waals surface area contributed by atoms with Crippen molar-refractivity contribution in [1.82, 2.24) is 0 Å². The Morgan fingerprint density at radius 2 is 1.95 bits per heavy atom. The van der Waals surface area contributed by atoms with Crippen LogP contribution in [0.3, 0.4) is 0 Å². The van der Waals surface area contributed by atoms with Gasteiger partial charge in [-0.25, -0.2) is 0 Å². The van der Waals surface area contributed by atoms with Gasteiger partial charge >= 0.3 is 0 Å². The summed E-state index contributed by atoms with van der Waals surface area (Å²) in [5, 5.41) is 2.94. The van der Waals surface area contributed by atoms with Crippen molar-refractivity contribution in [3.05, 3.63) is 53.6 Å². The number of thioether (sulfide) groups is 1. The Hall–Kier alpha value is -1.94. The third kappa shape index (κ3) is 3.14. The van der Waals surface area contributed by atoms with Gasteiger partial charge in [0.15, 0.2) is 0 Å². The van der Waals surface area contributed by atoms with E-state index in [0.29, 0.717) is 5.56 Å². The number of rotatable bonds is 4. The number of aryl methyl sites for hydroxylation is 1. The summed E-state index contributed by atoms with van der Waals surface area (Å²) < 4.78 is 5.20. The molecule has 1 amide bonds. The first-order chi connectivity index (χ1) is 9.65. The number of para-hydroxylation sites is 1. The number of hydrogen-bond acceptors (Lipinski definition) is 3. The van der Waals surface area contributed by atoms with Crippen LogP contribution in [0, 0.1) is 6.92 Å². The molecule has 0 saturated heterocycles. The fourth-order valence-electron chi connectivity index (χ4n) is 1.96. The molecule has 0 aliphatic rings. The summed E-state index contributed by atoms with van der Waals surface area (Å²) >= 11 is 1.61. The molecule has 0 aliphatic heterocycles. The van der Waals surface area contributed by atoms with E-state index in [-0.39, 0.29) is 5.91 Å². The molecule has 0 saturated carbocycles. The minimum absolute atomic E-state index is 0.114. The van der Waals surface area contributed by atoms with Crippen LogP contribution < -0.4 is 10.1 Å². The molecule has 0 fully saturated rings. The van der Waals surface area contributed by atoms with E-state index in [2.05, 4.69) is 5.32 Å². The fourth-order valence-corrected chi connectivity index (χ4v) is 2.52. The molecule has 2 aromatic carbocycles. The lowest BCUT2D eigenvalue weighted by Crippen LogP contribution is -2.12. The van der Waals surface area contributed by atoms with Gasteiger partial charge in [0, 0.05) is 10.5 Å². The maximum absolute atomic E-state index is 12.3. The normalized spacial score (nSPS) is 10.2. The second-order valence-corrected chi connectivity index (χ2v) is 5.19. The zero-order valence-electron chi connectivity index (χ0n) is 11.8. The number of hydrogen-bond donors (Lipinski definition) is 1. The molecule has 0 heterocycles. The summed E-state index contributed by atoms with van der Waals surface area (Å²) in [6, 6.07) is 13.2. The smallest absolute Gasteiger partial charge is 0.255 e. The number of benzene rings is 2. The Morgan fingerprint density at radius 3 is 2.60 bits per heavy atom. The van der Waals surface area contributed by atoms with Crippen LogP contribution in [-0.2, 0) is 0 Å². The molecule has 4 heteroatoms. The number of anilines is 1. The van der Waals surface area contributed by atoms with Crippen molar-refractivity contribution in [2.45, 2.75) is 11.8 Å². The number of nitrogens with one attached hydrogen (secondary N) is 1. The predicted octanol–water partition coefficient (Wildman–Crippen LogP) is 3.98. The van der Waals surface area contributed by atoms with Crippen LogP contribution in [0.25, 0.3) is 0 Å². The SMILES string of the molecule is COc1ccc(C(=O)Nc2ccccc2SC)cc1C. The molecule has 0 radical (unpaired) electrons. The first-order valence-electron chi connectivity index (χ1n) is 6.24. The number of carbonyl (C=O) groups excluding carboxylic acids is 1. The van der Waals surface area contributed by atoms with E-state index in [1.807, 2.05) is 49.6 Å². The molecule has 0 atom stereocenters. The summed E-state index contributed by atoms with van der Waals surface area (Å²) in [5.74, 6) is 0.670. The first kappa shape index (κ1) is 14.5. The number of amides is 1. The third-order valence-electron chi connectivity index (χ3n) is 3.01. The van der Waals surface area contributed by atoms with Gasteiger partial charge in [-0.2, -0.15) is 0 Å². The summed E-state index contributed by atoms with van der Waals surface area (Å²) in [7, 11) is 1.62. The molecule has 20 heavy (non-hydrogen) atoms. The van der Waals surface area contributed by atoms with E-state index in [1.54, 1.807) is 24.9 Å². The Morgan fingerprint density at radius 1 is 1.20 bits per heavy atom. The van der Waals surface area contributed by atoms with Crippen molar-refractivity contribution in [3.63, 3.8) is 0 Å². The van der Waals surface area contributed by atoms with Gasteiger partial charge in [0.25, 0.3) is 5.91 Å². The molecular weight excluding hydrogens is 270 g/mol. The minimum atomic E-state index is -0.114. The summed E-state index contributed by atoms with van der Waals surface area (Å²) in [6.45, 7) is 1.92. The highest BCUT2D eigenvalue weighted by Crippen LogP contribution is 2.25. The highest BCUT2D eigenvalue weighted by atomic mass is 32.2. The topological polar surface area (TPSA) is 38.3 Å². The van der Waals surface area contributed by atoms with Gasteiger partial charge < -0.3 is 10.1 Å². The summed E-state index contributed by atoms with van der Waals surface area (Å²) in [4.78, 5) is 13.3. The molecule has 0 aliphatic carbocycles. The molecule has 2 aromatic rings. The third-order valence-corrected chi connectivity index (χ3v) is 3.81. The Bertz CT molecular complexity index is 626. The Balaban J connectivity index is 2.22. The monoisotopic (exact) mass is 287 g/mol. The van der Waals surface area contributed by atoms with Crippen LogP contribution >= 0.6 is 11.8 Å². The van der Waals surface area contributed by atoms with Crippen molar-refractivity contribution >= 4 is 23.4 Å². The van der Waals surface area contributed by atoms with Crippen molar-refractivity contribution < 1.29 is 9.53 Å². The highest BCUT2D eigenvalue weighted by Gasteiger charge is 2.10. The molecular formula is C16H17NO2S. The van der Waals surface area contributed by atoms with Crippen LogP contribution in [0.15, 0.2) is 47.4 Å². The van der Waals surface area contributed by atoms with Gasteiger partial charge in [-0.3, -0.25) is 4.79 Å². The highest BCUT2D eigenvalue weighted by molar-refractivity contribution is 7.98. The van der Waals surface area contributed by atoms with Gasteiger partial charge in [-0.15, -0.1) is 11.8 Å². The molecule has 3 nitrogen and oxygen atoms in total. The summed E-state index contributed by atoms with van der Waals surface area (Å²) in [6.07, 6.45) is 1.99. The van der Waals surface area contributed by atoms with Crippen LogP contribution in [0.1, 0.15) is 15.9 Å². The molecule has 0 unspecified atom stereocenters. The van der Waals surface area contributed by atoms with E-state index >= 15 is 0 Å². The van der Waals surface area contributed by atoms with E-state index in [0.717, 1.165) is 21.9 Å². The lowest BCUT2D eigenvalue weighted by atomic mass is 10.1. The second kappa shape index (κ2) is 6.48. The minimum Gasteiger partial charge on any atom is -0.496 e. The molecule has 1 N–H and O–H groups in total. The first-order valence-corrected chi connectivity index (χ1v) is 7.47. The quantitative estimate of drug-likeness (QED) is 0.864. The lowest BCUT2D eigenvalue weighted by Gasteiger charge is -2.10. The standard InChI is InChI=1S/C16H17NO2S/c1-11-10-12(8-9-14(11)19-2)16(18)17-13-6-4-5-7-15(13)20-3/h4-10H,1-3H3,(H,17,18). The maximum Gasteiger partial charge on any atom is 0.255 e. The second-order valence-electron chi connectivity index (χ2n) is 4.34. The van der Waals surface area contributed by atoms with E-state index in [9.17, 15) is 4.79 Å². The molecule has 104 valence electrons. The van der Waals surface area contributed by atoms with Gasteiger partial charge in [-0.05, 0) is 49.1 Å². The Kier molecular flexibility index (Phi) is 4.69. The summed E-state index contributed by atoms with van der Waals surface area (Å²) in [5.41, 5.74) is 2.40. The van der Waals surface area contributed by atoms with Crippen LogP contribution in [0.2, 0.25) is 0 Å².